The van der Waals surface area contributed by atoms with Crippen molar-refractivity contribution in [1.29, 1.82) is 0 Å². The number of nitro benzene ring substituents is 1. The summed E-state index contributed by atoms with van der Waals surface area (Å²) in [6.45, 7) is 3.58. The van der Waals surface area contributed by atoms with E-state index >= 15 is 0 Å². The highest BCUT2D eigenvalue weighted by Crippen LogP contribution is 2.21. The van der Waals surface area contributed by atoms with E-state index < -0.39 is 16.8 Å². The second-order valence-corrected chi connectivity index (χ2v) is 5.71. The van der Waals surface area contributed by atoms with Gasteiger partial charge >= 0.3 is 5.97 Å². The predicted octanol–water partition coefficient (Wildman–Crippen LogP) is 2.79. The molecule has 2 aromatic rings. The number of carbonyl (C=O) groups is 2. The third-order valence-corrected chi connectivity index (χ3v) is 3.57. The van der Waals surface area contributed by atoms with Crippen LogP contribution in [0.15, 0.2) is 24.4 Å². The fraction of sp³-hybridized carbons (Fsp3) is 0.214. The molecule has 1 heterocycles. The Morgan fingerprint density at radius 1 is 1.35 bits per heavy atom. The Kier molecular flexibility index (Phi) is 5.02. The summed E-state index contributed by atoms with van der Waals surface area (Å²) < 4.78 is 4.82. The van der Waals surface area contributed by atoms with Gasteiger partial charge in [0.15, 0.2) is 5.13 Å². The van der Waals surface area contributed by atoms with E-state index in [2.05, 4.69) is 10.3 Å². The molecule has 1 amide bonds. The Hall–Kier alpha value is -2.81. The Bertz CT molecular complexity index is 772. The van der Waals surface area contributed by atoms with Crippen LogP contribution in [0.4, 0.5) is 10.8 Å². The predicted molar refractivity (Wildman–Crippen MR) is 83.9 cm³/mol. The zero-order valence-corrected chi connectivity index (χ0v) is 13.2. The van der Waals surface area contributed by atoms with Crippen LogP contribution in [0.1, 0.15) is 32.5 Å². The quantitative estimate of drug-likeness (QED) is 0.511. The van der Waals surface area contributed by atoms with Gasteiger partial charge in [-0.25, -0.2) is 9.78 Å². The molecule has 0 spiro atoms. The van der Waals surface area contributed by atoms with Crippen molar-refractivity contribution in [3.8, 4) is 0 Å². The molecular formula is C14H13N3O5S. The number of esters is 1. The van der Waals surface area contributed by atoms with Crippen LogP contribution >= 0.6 is 11.3 Å². The van der Waals surface area contributed by atoms with Gasteiger partial charge in [0, 0.05) is 28.8 Å². The number of carbonyl (C=O) groups excluding carboxylic acids is 2. The summed E-state index contributed by atoms with van der Waals surface area (Å²) in [5.74, 6) is -1.32. The zero-order valence-electron chi connectivity index (χ0n) is 12.4. The zero-order chi connectivity index (χ0) is 17.0. The van der Waals surface area contributed by atoms with Crippen molar-refractivity contribution in [3.63, 3.8) is 0 Å². The van der Waals surface area contributed by atoms with Gasteiger partial charge in [0.25, 0.3) is 11.6 Å². The normalized spacial score (nSPS) is 10.2. The van der Waals surface area contributed by atoms with Gasteiger partial charge in [0.2, 0.25) is 0 Å². The van der Waals surface area contributed by atoms with Crippen LogP contribution in [-0.4, -0.2) is 28.4 Å². The van der Waals surface area contributed by atoms with Crippen molar-refractivity contribution < 1.29 is 19.2 Å². The first-order valence-corrected chi connectivity index (χ1v) is 7.42. The maximum atomic E-state index is 12.2. The van der Waals surface area contributed by atoms with Gasteiger partial charge in [-0.05, 0) is 19.9 Å². The van der Waals surface area contributed by atoms with Crippen molar-refractivity contribution in [1.82, 2.24) is 4.98 Å². The first-order chi connectivity index (χ1) is 10.9. The van der Waals surface area contributed by atoms with Crippen molar-refractivity contribution in [2.45, 2.75) is 13.8 Å². The second kappa shape index (κ2) is 6.97. The molecule has 1 aromatic carbocycles. The third kappa shape index (κ3) is 4.10. The number of thiazole rings is 1. The molecule has 0 radical (unpaired) electrons. The summed E-state index contributed by atoms with van der Waals surface area (Å²) in [6, 6.07) is 3.42. The Morgan fingerprint density at radius 2 is 2.04 bits per heavy atom. The van der Waals surface area contributed by atoms with Crippen LogP contribution in [0.2, 0.25) is 0 Å². The SMILES string of the molecule is CCOC(=O)c1cc(C(=O)Nc2ncc(C)s2)cc([N+](=O)[O-])c1. The second-order valence-electron chi connectivity index (χ2n) is 4.48. The average molecular weight is 335 g/mol. The molecule has 0 unspecified atom stereocenters. The average Bonchev–Trinajstić information content (AvgIpc) is 2.92. The van der Waals surface area contributed by atoms with Gasteiger partial charge < -0.3 is 4.74 Å². The molecule has 0 aliphatic heterocycles. The smallest absolute Gasteiger partial charge is 0.338 e. The van der Waals surface area contributed by atoms with Crippen LogP contribution in [0.5, 0.6) is 0 Å². The van der Waals surface area contributed by atoms with Gasteiger partial charge in [0.1, 0.15) is 0 Å². The van der Waals surface area contributed by atoms with E-state index in [9.17, 15) is 19.7 Å². The summed E-state index contributed by atoms with van der Waals surface area (Å²) >= 11 is 1.27. The van der Waals surface area contributed by atoms with Crippen molar-refractivity contribution >= 4 is 34.0 Å². The number of amides is 1. The molecule has 0 atom stereocenters. The van der Waals surface area contributed by atoms with Crippen LogP contribution < -0.4 is 5.32 Å². The van der Waals surface area contributed by atoms with Crippen LogP contribution in [0.3, 0.4) is 0 Å². The van der Waals surface area contributed by atoms with Crippen molar-refractivity contribution in [2.24, 2.45) is 0 Å². The maximum absolute atomic E-state index is 12.2. The summed E-state index contributed by atoms with van der Waals surface area (Å²) in [5.41, 5.74) is -0.437. The molecule has 8 nitrogen and oxygen atoms in total. The summed E-state index contributed by atoms with van der Waals surface area (Å²) in [6.07, 6.45) is 1.60. The first kappa shape index (κ1) is 16.6. The number of nitro groups is 1. The lowest BCUT2D eigenvalue weighted by Gasteiger charge is -2.06. The van der Waals surface area contributed by atoms with Gasteiger partial charge in [-0.2, -0.15) is 0 Å². The summed E-state index contributed by atoms with van der Waals surface area (Å²) in [5, 5.41) is 13.9. The van der Waals surface area contributed by atoms with E-state index in [0.29, 0.717) is 5.13 Å². The minimum absolute atomic E-state index is 0.0184. The van der Waals surface area contributed by atoms with Gasteiger partial charge in [-0.1, -0.05) is 0 Å². The van der Waals surface area contributed by atoms with Crippen LogP contribution in [0, 0.1) is 17.0 Å². The minimum Gasteiger partial charge on any atom is -0.462 e. The lowest BCUT2D eigenvalue weighted by atomic mass is 10.1. The number of nitrogens with one attached hydrogen (secondary N) is 1. The molecule has 9 heteroatoms. The molecule has 0 fully saturated rings. The van der Waals surface area contributed by atoms with Gasteiger partial charge in [-0.3, -0.25) is 20.2 Å². The standard InChI is InChI=1S/C14H13N3O5S/c1-3-22-13(19)10-4-9(5-11(6-10)17(20)21)12(18)16-14-15-7-8(2)23-14/h4-7H,3H2,1-2H3,(H,15,16,18). The van der Waals surface area contributed by atoms with Crippen molar-refractivity contribution in [2.75, 3.05) is 11.9 Å². The number of ether oxygens (including phenoxy) is 1. The summed E-state index contributed by atoms with van der Waals surface area (Å²) in [7, 11) is 0. The first-order valence-electron chi connectivity index (χ1n) is 6.61. The lowest BCUT2D eigenvalue weighted by molar-refractivity contribution is -0.384. The van der Waals surface area contributed by atoms with E-state index in [4.69, 9.17) is 4.74 Å². The number of hydrogen-bond acceptors (Lipinski definition) is 7. The minimum atomic E-state index is -0.727. The van der Waals surface area contributed by atoms with E-state index in [1.807, 2.05) is 6.92 Å². The summed E-state index contributed by atoms with van der Waals surface area (Å²) in [4.78, 5) is 39.2. The van der Waals surface area contributed by atoms with Crippen molar-refractivity contribution in [3.05, 3.63) is 50.5 Å². The van der Waals surface area contributed by atoms with E-state index in [0.717, 1.165) is 17.0 Å². The number of aromatic nitrogens is 1. The monoisotopic (exact) mass is 335 g/mol. The van der Waals surface area contributed by atoms with Gasteiger partial charge in [-0.15, -0.1) is 11.3 Å². The molecule has 0 aliphatic rings. The number of rotatable bonds is 5. The van der Waals surface area contributed by atoms with Crippen LogP contribution in [-0.2, 0) is 4.74 Å². The Labute approximate surface area is 135 Å². The fourth-order valence-corrected chi connectivity index (χ4v) is 2.42. The van der Waals surface area contributed by atoms with E-state index in [1.54, 1.807) is 13.1 Å². The molecule has 1 N–H and O–H groups in total. The molecule has 0 saturated heterocycles. The number of aryl methyl sites for hydroxylation is 1. The largest absolute Gasteiger partial charge is 0.462 e. The van der Waals surface area contributed by atoms with Crippen LogP contribution in [0.25, 0.3) is 0 Å². The molecular weight excluding hydrogens is 322 g/mol. The molecule has 23 heavy (non-hydrogen) atoms. The highest BCUT2D eigenvalue weighted by molar-refractivity contribution is 7.15. The van der Waals surface area contributed by atoms with E-state index in [-0.39, 0.29) is 23.4 Å². The lowest BCUT2D eigenvalue weighted by Crippen LogP contribution is -2.14. The fourth-order valence-electron chi connectivity index (χ4n) is 1.76. The highest BCUT2D eigenvalue weighted by Gasteiger charge is 2.19. The molecule has 0 saturated carbocycles. The Balaban J connectivity index is 2.34. The number of anilines is 1. The highest BCUT2D eigenvalue weighted by atomic mass is 32.1. The van der Waals surface area contributed by atoms with Gasteiger partial charge in [0.05, 0.1) is 17.1 Å². The molecule has 1 aromatic heterocycles. The third-order valence-electron chi connectivity index (χ3n) is 2.74. The Morgan fingerprint density at radius 3 is 2.61 bits per heavy atom. The molecule has 0 bridgehead atoms. The molecule has 120 valence electrons. The topological polar surface area (TPSA) is 111 Å². The molecule has 2 rings (SSSR count). The maximum Gasteiger partial charge on any atom is 0.338 e. The number of non-ortho nitro benzene ring substituents is 1. The molecule has 0 aliphatic carbocycles. The van der Waals surface area contributed by atoms with E-state index in [1.165, 1.54) is 17.4 Å². The number of hydrogen-bond donors (Lipinski definition) is 1. The number of nitrogens with zero attached hydrogens (tertiary/aromatic N) is 2. The number of benzene rings is 1.